The number of hydrogen-bond donors (Lipinski definition) is 3. The first kappa shape index (κ1) is 22.0. The highest BCUT2D eigenvalue weighted by Gasteiger charge is 2.38. The van der Waals surface area contributed by atoms with Crippen LogP contribution in [0.5, 0.6) is 0 Å². The van der Waals surface area contributed by atoms with Gasteiger partial charge in [-0.1, -0.05) is 6.07 Å². The first-order chi connectivity index (χ1) is 16.6. The number of H-pyrrole nitrogens is 1. The van der Waals surface area contributed by atoms with Gasteiger partial charge in [-0.2, -0.15) is 9.61 Å². The van der Waals surface area contributed by atoms with E-state index in [1.54, 1.807) is 24.8 Å². The van der Waals surface area contributed by atoms with Crippen molar-refractivity contribution in [3.63, 3.8) is 0 Å². The van der Waals surface area contributed by atoms with Crippen molar-refractivity contribution in [1.29, 1.82) is 0 Å². The van der Waals surface area contributed by atoms with Gasteiger partial charge >= 0.3 is 0 Å². The fourth-order valence-corrected chi connectivity index (χ4v) is 4.84. The van der Waals surface area contributed by atoms with Gasteiger partial charge in [0.2, 0.25) is 5.91 Å². The molecule has 2 aliphatic rings. The quantitative estimate of drug-likeness (QED) is 0.423. The van der Waals surface area contributed by atoms with Crippen LogP contribution in [-0.4, -0.2) is 64.2 Å². The summed E-state index contributed by atoms with van der Waals surface area (Å²) in [6.07, 6.45) is 13.6. The molecule has 2 unspecified atom stereocenters. The van der Waals surface area contributed by atoms with Crippen molar-refractivity contribution in [3.8, 4) is 22.6 Å². The highest BCUT2D eigenvalue weighted by Crippen LogP contribution is 2.35. The van der Waals surface area contributed by atoms with Gasteiger partial charge in [0.25, 0.3) is 0 Å². The third-order valence-corrected chi connectivity index (χ3v) is 6.45. The normalized spacial score (nSPS) is 19.2. The molecule has 0 radical (unpaired) electrons. The topological polar surface area (TPSA) is 138 Å². The molecule has 0 aliphatic carbocycles. The molecule has 2 saturated heterocycles. The highest BCUT2D eigenvalue weighted by atomic mass is 19.1. The average Bonchev–Trinajstić information content (AvgIpc) is 3.60. The summed E-state index contributed by atoms with van der Waals surface area (Å²) in [6, 6.07) is 4.61. The predicted octanol–water partition coefficient (Wildman–Crippen LogP) is 2.42. The first-order valence-electron chi connectivity index (χ1n) is 11.2. The number of nitrogens with two attached hydrogens (primary N) is 1. The van der Waals surface area contributed by atoms with Gasteiger partial charge in [0, 0.05) is 41.8 Å². The number of piperidine rings is 1. The standard InChI is InChI=1S/C14H10FN7.C9H15NO2/c15-10-7-20-14-9(6-21-22(14)12(10)16)8-1-2-11(19-5-8)13-17-3-4-18-13;11-6-9(12)10-7-2-1-3-8(10)5-4-7/h1-7H,16H2,(H,17,18);7-8,11H,1-6H2. The van der Waals surface area contributed by atoms with Crippen molar-refractivity contribution >= 4 is 17.4 Å². The number of nitrogen functional groups attached to an aromatic ring is 1. The molecule has 10 nitrogen and oxygen atoms in total. The number of amides is 1. The Bertz CT molecular complexity index is 1270. The summed E-state index contributed by atoms with van der Waals surface area (Å²) in [4.78, 5) is 28.8. The lowest BCUT2D eigenvalue weighted by molar-refractivity contribution is -0.138. The Balaban J connectivity index is 0.000000169. The second-order valence-corrected chi connectivity index (χ2v) is 8.43. The van der Waals surface area contributed by atoms with E-state index in [0.29, 0.717) is 23.6 Å². The number of imidazole rings is 1. The minimum atomic E-state index is -0.603. The zero-order chi connectivity index (χ0) is 23.7. The summed E-state index contributed by atoms with van der Waals surface area (Å²) >= 11 is 0. The Morgan fingerprint density at radius 1 is 1.12 bits per heavy atom. The van der Waals surface area contributed by atoms with Crippen molar-refractivity contribution in [3.05, 3.63) is 48.9 Å². The number of carbonyl (C=O) groups is 1. The zero-order valence-electron chi connectivity index (χ0n) is 18.4. The molecule has 4 aromatic heterocycles. The summed E-state index contributed by atoms with van der Waals surface area (Å²) in [5.41, 5.74) is 8.40. The first-order valence-corrected chi connectivity index (χ1v) is 11.2. The molecule has 34 heavy (non-hydrogen) atoms. The number of halogens is 1. The number of fused-ring (bicyclic) bond motifs is 3. The number of aromatic amines is 1. The third kappa shape index (κ3) is 3.98. The monoisotopic (exact) mass is 464 g/mol. The van der Waals surface area contributed by atoms with Gasteiger partial charge in [-0.15, -0.1) is 0 Å². The van der Waals surface area contributed by atoms with Gasteiger partial charge in [0.05, 0.1) is 12.4 Å². The van der Waals surface area contributed by atoms with Crippen molar-refractivity contribution in [2.75, 3.05) is 12.3 Å². The predicted molar refractivity (Wildman–Crippen MR) is 123 cm³/mol. The Hall–Kier alpha value is -3.86. The van der Waals surface area contributed by atoms with Crippen LogP contribution in [0.15, 0.2) is 43.1 Å². The van der Waals surface area contributed by atoms with E-state index in [9.17, 15) is 9.18 Å². The second kappa shape index (κ2) is 9.18. The maximum absolute atomic E-state index is 13.4. The number of hydrogen-bond acceptors (Lipinski definition) is 7. The Labute approximate surface area is 194 Å². The summed E-state index contributed by atoms with van der Waals surface area (Å²) < 4.78 is 14.7. The van der Waals surface area contributed by atoms with Crippen molar-refractivity contribution < 1.29 is 14.3 Å². The molecule has 2 atom stereocenters. The van der Waals surface area contributed by atoms with E-state index < -0.39 is 5.82 Å². The second-order valence-electron chi connectivity index (χ2n) is 8.43. The van der Waals surface area contributed by atoms with Crippen LogP contribution in [0.2, 0.25) is 0 Å². The van der Waals surface area contributed by atoms with Gasteiger partial charge in [0.15, 0.2) is 23.1 Å². The number of aliphatic hydroxyl groups excluding tert-OH is 1. The molecule has 11 heteroatoms. The summed E-state index contributed by atoms with van der Waals surface area (Å²) in [5.74, 6) is -0.0529. The van der Waals surface area contributed by atoms with Crippen molar-refractivity contribution in [2.24, 2.45) is 0 Å². The van der Waals surface area contributed by atoms with Crippen LogP contribution in [-0.2, 0) is 4.79 Å². The van der Waals surface area contributed by atoms with Gasteiger partial charge < -0.3 is 20.7 Å². The van der Waals surface area contributed by atoms with E-state index in [-0.39, 0.29) is 18.3 Å². The zero-order valence-corrected chi connectivity index (χ0v) is 18.4. The molecule has 4 N–H and O–H groups in total. The molecular weight excluding hydrogens is 439 g/mol. The van der Waals surface area contributed by atoms with Crippen LogP contribution in [0.1, 0.15) is 32.1 Å². The Morgan fingerprint density at radius 3 is 2.56 bits per heavy atom. The van der Waals surface area contributed by atoms with Crippen molar-refractivity contribution in [2.45, 2.75) is 44.2 Å². The van der Waals surface area contributed by atoms with E-state index >= 15 is 0 Å². The largest absolute Gasteiger partial charge is 0.387 e. The van der Waals surface area contributed by atoms with E-state index in [4.69, 9.17) is 10.8 Å². The van der Waals surface area contributed by atoms with Crippen molar-refractivity contribution in [1.82, 2.24) is 34.4 Å². The van der Waals surface area contributed by atoms with Crippen LogP contribution in [0.4, 0.5) is 10.2 Å². The summed E-state index contributed by atoms with van der Waals surface area (Å²) in [5, 5.41) is 12.8. The molecule has 0 aromatic carbocycles. The van der Waals surface area contributed by atoms with Gasteiger partial charge in [-0.3, -0.25) is 9.78 Å². The number of nitrogens with zero attached hydrogens (tertiary/aromatic N) is 6. The van der Waals surface area contributed by atoms with E-state index in [1.165, 1.54) is 10.9 Å². The maximum Gasteiger partial charge on any atom is 0.248 e. The van der Waals surface area contributed by atoms with E-state index in [2.05, 4.69) is 25.0 Å². The molecule has 4 aromatic rings. The highest BCUT2D eigenvalue weighted by molar-refractivity contribution is 5.78. The number of rotatable bonds is 3. The fourth-order valence-electron chi connectivity index (χ4n) is 4.84. The van der Waals surface area contributed by atoms with Crippen LogP contribution in [0, 0.1) is 5.82 Å². The molecule has 0 spiro atoms. The molecule has 6 heterocycles. The number of nitrogens with one attached hydrogen (secondary N) is 1. The minimum absolute atomic E-state index is 0.0674. The SMILES string of the molecule is Nc1c(F)cnc2c(-c3ccc(-c4ncc[nH]4)nc3)cnn12.O=C(CO)N1C2CCCC1CC2. The average molecular weight is 465 g/mol. The fraction of sp³-hybridized carbons (Fsp3) is 0.348. The van der Waals surface area contributed by atoms with Crippen LogP contribution in [0.3, 0.4) is 0 Å². The van der Waals surface area contributed by atoms with Crippen LogP contribution < -0.4 is 5.73 Å². The van der Waals surface area contributed by atoms with E-state index in [0.717, 1.165) is 48.7 Å². The lowest BCUT2D eigenvalue weighted by Crippen LogP contribution is -2.45. The lowest BCUT2D eigenvalue weighted by Gasteiger charge is -2.34. The summed E-state index contributed by atoms with van der Waals surface area (Å²) in [6.45, 7) is -0.312. The molecule has 1 amide bonds. The Morgan fingerprint density at radius 2 is 1.91 bits per heavy atom. The number of aliphatic hydroxyl groups is 1. The summed E-state index contributed by atoms with van der Waals surface area (Å²) in [7, 11) is 0. The molecule has 2 bridgehead atoms. The third-order valence-electron chi connectivity index (χ3n) is 6.45. The van der Waals surface area contributed by atoms with E-state index in [1.807, 2.05) is 17.0 Å². The molecule has 0 saturated carbocycles. The maximum atomic E-state index is 13.4. The smallest absolute Gasteiger partial charge is 0.248 e. The minimum Gasteiger partial charge on any atom is -0.387 e. The van der Waals surface area contributed by atoms with Crippen LogP contribution in [0.25, 0.3) is 28.3 Å². The van der Waals surface area contributed by atoms with Gasteiger partial charge in [-0.25, -0.2) is 14.4 Å². The number of anilines is 1. The number of aromatic nitrogens is 6. The molecule has 2 fully saturated rings. The van der Waals surface area contributed by atoms with Gasteiger partial charge in [0.1, 0.15) is 12.3 Å². The Kier molecular flexibility index (Phi) is 5.93. The molecular formula is C23H25FN8O2. The number of carbonyl (C=O) groups excluding carboxylic acids is 1. The van der Waals surface area contributed by atoms with Gasteiger partial charge in [-0.05, 0) is 38.2 Å². The molecule has 6 rings (SSSR count). The molecule has 2 aliphatic heterocycles. The number of pyridine rings is 1. The molecule has 176 valence electrons. The van der Waals surface area contributed by atoms with Crippen LogP contribution >= 0.6 is 0 Å². The lowest BCUT2D eigenvalue weighted by atomic mass is 10.0.